The Morgan fingerprint density at radius 1 is 1.26 bits per heavy atom. The largest absolute Gasteiger partial charge is 0.354 e. The van der Waals surface area contributed by atoms with E-state index in [-0.39, 0.29) is 11.8 Å². The highest BCUT2D eigenvalue weighted by Crippen LogP contribution is 2.22. The molecule has 3 heterocycles. The zero-order valence-corrected chi connectivity index (χ0v) is 15.9. The van der Waals surface area contributed by atoms with E-state index in [0.717, 1.165) is 42.2 Å². The molecule has 1 N–H and O–H groups in total. The minimum atomic E-state index is -0.0688. The number of carbonyl (C=O) groups excluding carboxylic acids is 1. The summed E-state index contributed by atoms with van der Waals surface area (Å²) in [5.41, 5.74) is 1.65. The first-order valence-electron chi connectivity index (χ1n) is 9.07. The molecule has 0 radical (unpaired) electrons. The summed E-state index contributed by atoms with van der Waals surface area (Å²) in [6.07, 6.45) is 1.82. The lowest BCUT2D eigenvalue weighted by molar-refractivity contribution is -0.125. The van der Waals surface area contributed by atoms with Crippen LogP contribution in [0.1, 0.15) is 24.2 Å². The van der Waals surface area contributed by atoms with E-state index in [0.29, 0.717) is 18.1 Å². The lowest BCUT2D eigenvalue weighted by Gasteiger charge is -2.32. The molecular formula is C19H21ClN6O. The highest BCUT2D eigenvalue weighted by Gasteiger charge is 2.26. The van der Waals surface area contributed by atoms with Crippen molar-refractivity contribution in [3.8, 4) is 0 Å². The quantitative estimate of drug-likeness (QED) is 0.748. The van der Waals surface area contributed by atoms with Crippen LogP contribution in [0.4, 0.5) is 5.82 Å². The van der Waals surface area contributed by atoms with Crippen LogP contribution in [0.15, 0.2) is 36.4 Å². The van der Waals surface area contributed by atoms with Gasteiger partial charge in [-0.15, -0.1) is 15.3 Å². The first kappa shape index (κ1) is 17.7. The standard InChI is InChI=1S/C19H21ClN6O/c1-13-22-23-17-8-9-18(24-26(13)17)25-10-4-6-15(12-25)19(27)21-11-14-5-2-3-7-16(14)20/h2-3,5,7-9,15H,4,6,10-12H2,1H3,(H,21,27)/t15-/m1/s1. The van der Waals surface area contributed by atoms with E-state index < -0.39 is 0 Å². The normalized spacial score (nSPS) is 17.3. The fourth-order valence-electron chi connectivity index (χ4n) is 3.42. The van der Waals surface area contributed by atoms with Crippen molar-refractivity contribution in [1.82, 2.24) is 25.1 Å². The van der Waals surface area contributed by atoms with Crippen LogP contribution < -0.4 is 10.2 Å². The van der Waals surface area contributed by atoms with Crippen LogP contribution in [0.25, 0.3) is 5.65 Å². The number of aromatic nitrogens is 4. The Morgan fingerprint density at radius 3 is 2.96 bits per heavy atom. The van der Waals surface area contributed by atoms with Crippen LogP contribution in [0, 0.1) is 12.8 Å². The summed E-state index contributed by atoms with van der Waals surface area (Å²) in [5, 5.41) is 16.4. The van der Waals surface area contributed by atoms with E-state index in [9.17, 15) is 4.79 Å². The summed E-state index contributed by atoms with van der Waals surface area (Å²) in [7, 11) is 0. The number of anilines is 1. The molecule has 2 aromatic heterocycles. The summed E-state index contributed by atoms with van der Waals surface area (Å²) >= 11 is 6.17. The molecule has 140 valence electrons. The molecule has 1 atom stereocenters. The van der Waals surface area contributed by atoms with Crippen LogP contribution in [-0.4, -0.2) is 38.8 Å². The van der Waals surface area contributed by atoms with E-state index >= 15 is 0 Å². The topological polar surface area (TPSA) is 75.4 Å². The maximum absolute atomic E-state index is 12.7. The number of hydrogen-bond donors (Lipinski definition) is 1. The van der Waals surface area contributed by atoms with Gasteiger partial charge in [-0.05, 0) is 43.5 Å². The van der Waals surface area contributed by atoms with Crippen molar-refractivity contribution in [1.29, 1.82) is 0 Å². The van der Waals surface area contributed by atoms with Gasteiger partial charge in [-0.1, -0.05) is 29.8 Å². The summed E-state index contributed by atoms with van der Waals surface area (Å²) in [4.78, 5) is 14.8. The number of amides is 1. The number of carbonyl (C=O) groups is 1. The third-order valence-electron chi connectivity index (χ3n) is 4.93. The SMILES string of the molecule is Cc1nnc2ccc(N3CCC[C@@H](C(=O)NCc4ccccc4Cl)C3)nn12. The van der Waals surface area contributed by atoms with Gasteiger partial charge in [0.15, 0.2) is 11.5 Å². The average Bonchev–Trinajstić information content (AvgIpc) is 3.07. The molecule has 1 aliphatic rings. The van der Waals surface area contributed by atoms with Crippen LogP contribution in [0.3, 0.4) is 0 Å². The Morgan fingerprint density at radius 2 is 2.11 bits per heavy atom. The van der Waals surface area contributed by atoms with Crippen molar-refractivity contribution < 1.29 is 4.79 Å². The van der Waals surface area contributed by atoms with Gasteiger partial charge < -0.3 is 10.2 Å². The number of halogens is 1. The van der Waals surface area contributed by atoms with Gasteiger partial charge >= 0.3 is 0 Å². The Balaban J connectivity index is 1.43. The van der Waals surface area contributed by atoms with Crippen molar-refractivity contribution in [3.05, 3.63) is 52.8 Å². The van der Waals surface area contributed by atoms with Gasteiger partial charge in [-0.25, -0.2) is 0 Å². The van der Waals surface area contributed by atoms with E-state index in [4.69, 9.17) is 11.6 Å². The minimum Gasteiger partial charge on any atom is -0.354 e. The summed E-state index contributed by atoms with van der Waals surface area (Å²) in [6, 6.07) is 11.4. The molecule has 4 rings (SSSR count). The number of rotatable bonds is 4. The van der Waals surface area contributed by atoms with Crippen molar-refractivity contribution in [3.63, 3.8) is 0 Å². The molecule has 8 heteroatoms. The second kappa shape index (κ2) is 7.52. The molecule has 0 bridgehead atoms. The van der Waals surface area contributed by atoms with Gasteiger partial charge in [0.05, 0.1) is 5.92 Å². The molecule has 0 saturated carbocycles. The third-order valence-corrected chi connectivity index (χ3v) is 5.30. The van der Waals surface area contributed by atoms with Crippen LogP contribution >= 0.6 is 11.6 Å². The summed E-state index contributed by atoms with van der Waals surface area (Å²) in [6.45, 7) is 3.85. The fourth-order valence-corrected chi connectivity index (χ4v) is 3.63. The zero-order chi connectivity index (χ0) is 18.8. The molecule has 3 aromatic rings. The maximum atomic E-state index is 12.7. The van der Waals surface area contributed by atoms with Crippen LogP contribution in [0.5, 0.6) is 0 Å². The molecule has 27 heavy (non-hydrogen) atoms. The van der Waals surface area contributed by atoms with Gasteiger partial charge in [0.25, 0.3) is 0 Å². The monoisotopic (exact) mass is 384 g/mol. The van der Waals surface area contributed by atoms with Crippen molar-refractivity contribution in [2.45, 2.75) is 26.3 Å². The number of nitrogens with one attached hydrogen (secondary N) is 1. The van der Waals surface area contributed by atoms with Crippen molar-refractivity contribution in [2.24, 2.45) is 5.92 Å². The number of fused-ring (bicyclic) bond motifs is 1. The van der Waals surface area contributed by atoms with E-state index in [1.807, 2.05) is 43.3 Å². The number of benzene rings is 1. The van der Waals surface area contributed by atoms with Crippen molar-refractivity contribution >= 4 is 29.0 Å². The van der Waals surface area contributed by atoms with Crippen LogP contribution in [0.2, 0.25) is 5.02 Å². The van der Waals surface area contributed by atoms with Gasteiger partial charge in [-0.2, -0.15) is 4.52 Å². The molecule has 7 nitrogen and oxygen atoms in total. The first-order chi connectivity index (χ1) is 13.1. The molecule has 0 unspecified atom stereocenters. The van der Waals surface area contributed by atoms with Crippen molar-refractivity contribution in [2.75, 3.05) is 18.0 Å². The van der Waals surface area contributed by atoms with E-state index in [1.165, 1.54) is 0 Å². The lowest BCUT2D eigenvalue weighted by atomic mass is 9.97. The van der Waals surface area contributed by atoms with Gasteiger partial charge in [0.1, 0.15) is 5.82 Å². The number of hydrogen-bond acceptors (Lipinski definition) is 5. The molecule has 1 aromatic carbocycles. The number of piperidine rings is 1. The average molecular weight is 385 g/mol. The Kier molecular flexibility index (Phi) is 4.94. The van der Waals surface area contributed by atoms with Gasteiger partial charge in [0.2, 0.25) is 5.91 Å². The van der Waals surface area contributed by atoms with E-state index in [2.05, 4.69) is 25.5 Å². The maximum Gasteiger partial charge on any atom is 0.225 e. The second-order valence-corrected chi connectivity index (χ2v) is 7.21. The Hall–Kier alpha value is -2.67. The van der Waals surface area contributed by atoms with Gasteiger partial charge in [-0.3, -0.25) is 4.79 Å². The minimum absolute atomic E-state index is 0.0566. The number of nitrogens with zero attached hydrogens (tertiary/aromatic N) is 5. The zero-order valence-electron chi connectivity index (χ0n) is 15.1. The Labute approximate surface area is 162 Å². The molecule has 1 amide bonds. The predicted molar refractivity (Wildman–Crippen MR) is 104 cm³/mol. The smallest absolute Gasteiger partial charge is 0.225 e. The van der Waals surface area contributed by atoms with Gasteiger partial charge in [0, 0.05) is 24.7 Å². The lowest BCUT2D eigenvalue weighted by Crippen LogP contribution is -2.43. The molecule has 0 spiro atoms. The molecule has 1 fully saturated rings. The summed E-state index contributed by atoms with van der Waals surface area (Å²) in [5.74, 6) is 1.58. The number of aryl methyl sites for hydroxylation is 1. The molecular weight excluding hydrogens is 364 g/mol. The van der Waals surface area contributed by atoms with Crippen LogP contribution in [-0.2, 0) is 11.3 Å². The predicted octanol–water partition coefficient (Wildman–Crippen LogP) is 2.62. The van der Waals surface area contributed by atoms with E-state index in [1.54, 1.807) is 4.52 Å². The second-order valence-electron chi connectivity index (χ2n) is 6.80. The summed E-state index contributed by atoms with van der Waals surface area (Å²) < 4.78 is 1.73. The third kappa shape index (κ3) is 3.73. The highest BCUT2D eigenvalue weighted by molar-refractivity contribution is 6.31. The molecule has 0 aliphatic carbocycles. The fraction of sp³-hybridized carbons (Fsp3) is 0.368. The Bertz CT molecular complexity index is 972. The molecule has 1 saturated heterocycles. The highest BCUT2D eigenvalue weighted by atomic mass is 35.5. The first-order valence-corrected chi connectivity index (χ1v) is 9.45. The molecule has 1 aliphatic heterocycles.